The van der Waals surface area contributed by atoms with Gasteiger partial charge in [-0.3, -0.25) is 0 Å². The minimum absolute atomic E-state index is 0.102. The molecule has 0 radical (unpaired) electrons. The van der Waals surface area contributed by atoms with Crippen molar-refractivity contribution in [2.75, 3.05) is 5.73 Å². The standard InChI is InChI=1S/C10H11N3/c11-5-7-3-6-1-2-9(12)8(6)4-10(7)13/h3-4,9H,1-2,12-13H2. The van der Waals surface area contributed by atoms with Crippen LogP contribution in [-0.2, 0) is 6.42 Å². The normalized spacial score (nSPS) is 19.5. The molecule has 0 amide bonds. The highest BCUT2D eigenvalue weighted by Gasteiger charge is 2.20. The second-order valence-corrected chi connectivity index (χ2v) is 3.40. The first-order valence-electron chi connectivity index (χ1n) is 4.30. The zero-order valence-corrected chi connectivity index (χ0v) is 7.25. The van der Waals surface area contributed by atoms with Gasteiger partial charge >= 0.3 is 0 Å². The van der Waals surface area contributed by atoms with E-state index < -0.39 is 0 Å². The fourth-order valence-corrected chi connectivity index (χ4v) is 1.80. The van der Waals surface area contributed by atoms with E-state index >= 15 is 0 Å². The van der Waals surface area contributed by atoms with Crippen molar-refractivity contribution >= 4 is 5.69 Å². The van der Waals surface area contributed by atoms with E-state index in [1.54, 1.807) is 0 Å². The van der Waals surface area contributed by atoms with Crippen molar-refractivity contribution in [1.82, 2.24) is 0 Å². The highest BCUT2D eigenvalue weighted by Crippen LogP contribution is 2.32. The Morgan fingerprint density at radius 2 is 2.23 bits per heavy atom. The molecule has 4 N–H and O–H groups in total. The van der Waals surface area contributed by atoms with Crippen molar-refractivity contribution in [1.29, 1.82) is 5.26 Å². The molecule has 0 aromatic heterocycles. The van der Waals surface area contributed by atoms with E-state index in [2.05, 4.69) is 6.07 Å². The molecule has 0 heterocycles. The third-order valence-electron chi connectivity index (χ3n) is 2.56. The summed E-state index contributed by atoms with van der Waals surface area (Å²) in [6, 6.07) is 5.87. The fraction of sp³-hybridized carbons (Fsp3) is 0.300. The summed E-state index contributed by atoms with van der Waals surface area (Å²) in [5.41, 5.74) is 14.9. The minimum Gasteiger partial charge on any atom is -0.398 e. The smallest absolute Gasteiger partial charge is 0.101 e. The molecule has 1 aliphatic rings. The van der Waals surface area contributed by atoms with Gasteiger partial charge in [0.25, 0.3) is 0 Å². The van der Waals surface area contributed by atoms with Crippen LogP contribution in [0.25, 0.3) is 0 Å². The SMILES string of the molecule is N#Cc1cc2c(cc1N)C(N)CC2. The molecule has 1 aliphatic carbocycles. The van der Waals surface area contributed by atoms with Crippen molar-refractivity contribution in [3.05, 3.63) is 28.8 Å². The number of hydrogen-bond acceptors (Lipinski definition) is 3. The Labute approximate surface area is 77.0 Å². The van der Waals surface area contributed by atoms with Gasteiger partial charge in [0.15, 0.2) is 0 Å². The molecular formula is C10H11N3. The van der Waals surface area contributed by atoms with E-state index in [0.717, 1.165) is 18.4 Å². The predicted molar refractivity (Wildman–Crippen MR) is 50.8 cm³/mol. The topological polar surface area (TPSA) is 75.8 Å². The highest BCUT2D eigenvalue weighted by molar-refractivity contribution is 5.59. The Kier molecular flexibility index (Phi) is 1.71. The number of fused-ring (bicyclic) bond motifs is 1. The average molecular weight is 173 g/mol. The van der Waals surface area contributed by atoms with Crippen LogP contribution >= 0.6 is 0 Å². The van der Waals surface area contributed by atoms with Gasteiger partial charge in [0, 0.05) is 11.7 Å². The third-order valence-corrected chi connectivity index (χ3v) is 2.56. The monoisotopic (exact) mass is 173 g/mol. The number of nitrogens with zero attached hydrogens (tertiary/aromatic N) is 1. The zero-order chi connectivity index (χ0) is 9.42. The number of benzene rings is 1. The third kappa shape index (κ3) is 1.16. The lowest BCUT2D eigenvalue weighted by Crippen LogP contribution is -2.06. The van der Waals surface area contributed by atoms with E-state index in [4.69, 9.17) is 16.7 Å². The molecule has 3 nitrogen and oxygen atoms in total. The van der Waals surface area contributed by atoms with Gasteiger partial charge in [-0.25, -0.2) is 0 Å². The second kappa shape index (κ2) is 2.75. The van der Waals surface area contributed by atoms with Crippen LogP contribution in [0.4, 0.5) is 5.69 Å². The molecule has 13 heavy (non-hydrogen) atoms. The summed E-state index contributed by atoms with van der Waals surface area (Å²) in [6.45, 7) is 0. The Morgan fingerprint density at radius 1 is 1.46 bits per heavy atom. The Balaban J connectivity index is 2.58. The van der Waals surface area contributed by atoms with Crippen molar-refractivity contribution in [3.8, 4) is 6.07 Å². The van der Waals surface area contributed by atoms with Crippen molar-refractivity contribution in [2.45, 2.75) is 18.9 Å². The fourth-order valence-electron chi connectivity index (χ4n) is 1.80. The summed E-state index contributed by atoms with van der Waals surface area (Å²) in [5.74, 6) is 0. The van der Waals surface area contributed by atoms with Gasteiger partial charge in [-0.15, -0.1) is 0 Å². The van der Waals surface area contributed by atoms with Crippen LogP contribution < -0.4 is 11.5 Å². The summed E-state index contributed by atoms with van der Waals surface area (Å²) in [7, 11) is 0. The number of rotatable bonds is 0. The Bertz CT molecular complexity index is 390. The highest BCUT2D eigenvalue weighted by atomic mass is 14.7. The molecule has 0 aliphatic heterocycles. The van der Waals surface area contributed by atoms with E-state index in [1.807, 2.05) is 12.1 Å². The quantitative estimate of drug-likeness (QED) is 0.576. The van der Waals surface area contributed by atoms with Gasteiger partial charge in [0.2, 0.25) is 0 Å². The molecule has 0 saturated carbocycles. The molecular weight excluding hydrogens is 162 g/mol. The summed E-state index contributed by atoms with van der Waals surface area (Å²) < 4.78 is 0. The molecule has 0 spiro atoms. The number of nitrogens with two attached hydrogens (primary N) is 2. The number of anilines is 1. The number of hydrogen-bond donors (Lipinski definition) is 2. The molecule has 0 saturated heterocycles. The van der Waals surface area contributed by atoms with Crippen LogP contribution in [0, 0.1) is 11.3 Å². The lowest BCUT2D eigenvalue weighted by atomic mass is 10.0. The maximum Gasteiger partial charge on any atom is 0.101 e. The first-order valence-corrected chi connectivity index (χ1v) is 4.30. The molecule has 1 aromatic carbocycles. The Hall–Kier alpha value is -1.53. The molecule has 2 rings (SSSR count). The van der Waals surface area contributed by atoms with Crippen LogP contribution in [-0.4, -0.2) is 0 Å². The first kappa shape index (κ1) is 8.09. The van der Waals surface area contributed by atoms with Gasteiger partial charge in [0.1, 0.15) is 6.07 Å². The average Bonchev–Trinajstić information content (AvgIpc) is 2.47. The predicted octanol–water partition coefficient (Wildman–Crippen LogP) is 1.09. The van der Waals surface area contributed by atoms with Gasteiger partial charge in [-0.05, 0) is 36.1 Å². The number of nitriles is 1. The summed E-state index contributed by atoms with van der Waals surface area (Å²) in [4.78, 5) is 0. The van der Waals surface area contributed by atoms with E-state index in [9.17, 15) is 0 Å². The van der Waals surface area contributed by atoms with Crippen LogP contribution in [0.5, 0.6) is 0 Å². The van der Waals surface area contributed by atoms with Crippen molar-refractivity contribution in [3.63, 3.8) is 0 Å². The van der Waals surface area contributed by atoms with E-state index in [0.29, 0.717) is 11.3 Å². The first-order chi connectivity index (χ1) is 6.22. The maximum absolute atomic E-state index is 8.75. The molecule has 1 aromatic rings. The molecule has 0 fully saturated rings. The zero-order valence-electron chi connectivity index (χ0n) is 7.25. The summed E-state index contributed by atoms with van der Waals surface area (Å²) >= 11 is 0. The van der Waals surface area contributed by atoms with Crippen LogP contribution in [0.2, 0.25) is 0 Å². The van der Waals surface area contributed by atoms with Gasteiger partial charge in [0.05, 0.1) is 5.56 Å². The molecule has 3 heteroatoms. The van der Waals surface area contributed by atoms with Gasteiger partial charge in [-0.1, -0.05) is 0 Å². The molecule has 1 atom stereocenters. The van der Waals surface area contributed by atoms with Crippen LogP contribution in [0.3, 0.4) is 0 Å². The largest absolute Gasteiger partial charge is 0.398 e. The number of nitrogen functional groups attached to an aromatic ring is 1. The van der Waals surface area contributed by atoms with Gasteiger partial charge < -0.3 is 11.5 Å². The molecule has 1 unspecified atom stereocenters. The van der Waals surface area contributed by atoms with Crippen LogP contribution in [0.1, 0.15) is 29.2 Å². The lowest BCUT2D eigenvalue weighted by Gasteiger charge is -2.06. The molecule has 66 valence electrons. The van der Waals surface area contributed by atoms with Crippen molar-refractivity contribution < 1.29 is 0 Å². The Morgan fingerprint density at radius 3 is 2.92 bits per heavy atom. The molecule has 0 bridgehead atoms. The summed E-state index contributed by atoms with van der Waals surface area (Å²) in [5, 5.41) is 8.75. The van der Waals surface area contributed by atoms with E-state index in [1.165, 1.54) is 5.56 Å². The van der Waals surface area contributed by atoms with Crippen molar-refractivity contribution in [2.24, 2.45) is 5.73 Å². The minimum atomic E-state index is 0.102. The van der Waals surface area contributed by atoms with Crippen LogP contribution in [0.15, 0.2) is 12.1 Å². The second-order valence-electron chi connectivity index (χ2n) is 3.40. The maximum atomic E-state index is 8.75. The lowest BCUT2D eigenvalue weighted by molar-refractivity contribution is 0.713. The number of aryl methyl sites for hydroxylation is 1. The van der Waals surface area contributed by atoms with E-state index in [-0.39, 0.29) is 6.04 Å². The summed E-state index contributed by atoms with van der Waals surface area (Å²) in [6.07, 6.45) is 1.93. The van der Waals surface area contributed by atoms with Gasteiger partial charge in [-0.2, -0.15) is 5.26 Å².